The highest BCUT2D eigenvalue weighted by Crippen LogP contribution is 2.23. The summed E-state index contributed by atoms with van der Waals surface area (Å²) in [5.74, 6) is -0.174. The molecule has 7 heteroatoms. The van der Waals surface area contributed by atoms with Crippen molar-refractivity contribution in [3.05, 3.63) is 34.9 Å². The smallest absolute Gasteiger partial charge is 0.317 e. The van der Waals surface area contributed by atoms with Gasteiger partial charge < -0.3 is 16.0 Å². The van der Waals surface area contributed by atoms with Gasteiger partial charge in [-0.25, -0.2) is 4.79 Å². The summed E-state index contributed by atoms with van der Waals surface area (Å²) in [6, 6.07) is 7.82. The molecule has 0 aliphatic carbocycles. The van der Waals surface area contributed by atoms with Crippen molar-refractivity contribution in [1.82, 2.24) is 15.1 Å². The molecule has 2 heterocycles. The Balaban J connectivity index is 1.38. The lowest BCUT2D eigenvalue weighted by Crippen LogP contribution is -2.64. The highest BCUT2D eigenvalue weighted by Gasteiger charge is 2.36. The normalized spacial score (nSPS) is 19.8. The quantitative estimate of drug-likeness (QED) is 0.862. The molecule has 2 aliphatic rings. The van der Waals surface area contributed by atoms with Gasteiger partial charge in [-0.05, 0) is 43.6 Å². The highest BCUT2D eigenvalue weighted by molar-refractivity contribution is 6.30. The Morgan fingerprint density at radius 2 is 1.79 bits per heavy atom. The van der Waals surface area contributed by atoms with E-state index >= 15 is 0 Å². The fourth-order valence-electron chi connectivity index (χ4n) is 3.29. The first kappa shape index (κ1) is 17.0. The minimum atomic E-state index is -0.188. The van der Waals surface area contributed by atoms with Crippen LogP contribution in [-0.2, 0) is 11.3 Å². The van der Waals surface area contributed by atoms with Gasteiger partial charge in [-0.3, -0.25) is 9.69 Å². The number of amides is 3. The van der Waals surface area contributed by atoms with Crippen molar-refractivity contribution in [2.24, 2.45) is 11.7 Å². The number of halogens is 1. The second-order valence-corrected chi connectivity index (χ2v) is 6.99. The highest BCUT2D eigenvalue weighted by atomic mass is 35.5. The van der Waals surface area contributed by atoms with Crippen LogP contribution in [0.4, 0.5) is 4.79 Å². The number of urea groups is 1. The van der Waals surface area contributed by atoms with Crippen molar-refractivity contribution in [3.63, 3.8) is 0 Å². The first-order valence-electron chi connectivity index (χ1n) is 8.33. The van der Waals surface area contributed by atoms with Crippen LogP contribution in [-0.4, -0.2) is 54.0 Å². The lowest BCUT2D eigenvalue weighted by atomic mass is 9.94. The van der Waals surface area contributed by atoms with Gasteiger partial charge in [-0.2, -0.15) is 0 Å². The van der Waals surface area contributed by atoms with E-state index in [1.165, 1.54) is 0 Å². The number of benzene rings is 1. The third-order valence-electron chi connectivity index (χ3n) is 4.95. The number of rotatable bonds is 4. The standard InChI is InChI=1S/C17H23ClN4O2/c18-14-3-1-12(2-4-14)9-20-17(24)22-10-15(11-22)21-7-5-13(6-8-21)16(19)23/h1-4,13,15H,5-11H2,(H2,19,23)(H,20,24). The Morgan fingerprint density at radius 3 is 2.38 bits per heavy atom. The molecule has 130 valence electrons. The van der Waals surface area contributed by atoms with Gasteiger partial charge >= 0.3 is 6.03 Å². The monoisotopic (exact) mass is 350 g/mol. The van der Waals surface area contributed by atoms with Gasteiger partial charge in [-0.15, -0.1) is 0 Å². The Hall–Kier alpha value is -1.79. The number of nitrogens with zero attached hydrogens (tertiary/aromatic N) is 2. The fourth-order valence-corrected chi connectivity index (χ4v) is 3.42. The summed E-state index contributed by atoms with van der Waals surface area (Å²) < 4.78 is 0. The Bertz CT molecular complexity index is 593. The van der Waals surface area contributed by atoms with Crippen molar-refractivity contribution in [2.45, 2.75) is 25.4 Å². The summed E-state index contributed by atoms with van der Waals surface area (Å²) in [4.78, 5) is 27.5. The maximum absolute atomic E-state index is 12.1. The molecule has 0 spiro atoms. The molecule has 2 saturated heterocycles. The third kappa shape index (κ3) is 3.99. The largest absolute Gasteiger partial charge is 0.369 e. The molecule has 0 bridgehead atoms. The van der Waals surface area contributed by atoms with Crippen LogP contribution in [0.2, 0.25) is 5.02 Å². The van der Waals surface area contributed by atoms with Crippen molar-refractivity contribution >= 4 is 23.5 Å². The van der Waals surface area contributed by atoms with E-state index in [1.807, 2.05) is 29.2 Å². The second-order valence-electron chi connectivity index (χ2n) is 6.56. The van der Waals surface area contributed by atoms with E-state index in [0.717, 1.165) is 44.6 Å². The van der Waals surface area contributed by atoms with Gasteiger partial charge in [0.2, 0.25) is 5.91 Å². The molecule has 2 aliphatic heterocycles. The van der Waals surface area contributed by atoms with Crippen LogP contribution < -0.4 is 11.1 Å². The number of primary amides is 1. The predicted molar refractivity (Wildman–Crippen MR) is 92.5 cm³/mol. The minimum Gasteiger partial charge on any atom is -0.369 e. The molecule has 0 unspecified atom stereocenters. The van der Waals surface area contributed by atoms with E-state index in [1.54, 1.807) is 0 Å². The molecule has 3 rings (SSSR count). The summed E-state index contributed by atoms with van der Waals surface area (Å²) in [5.41, 5.74) is 6.39. The van der Waals surface area contributed by atoms with E-state index in [9.17, 15) is 9.59 Å². The van der Waals surface area contributed by atoms with Crippen LogP contribution in [0.1, 0.15) is 18.4 Å². The van der Waals surface area contributed by atoms with Crippen molar-refractivity contribution in [3.8, 4) is 0 Å². The van der Waals surface area contributed by atoms with Gasteiger partial charge in [0.15, 0.2) is 0 Å². The average molecular weight is 351 g/mol. The number of carbonyl (C=O) groups is 2. The number of piperidine rings is 1. The molecule has 3 amide bonds. The van der Waals surface area contributed by atoms with Crippen LogP contribution >= 0.6 is 11.6 Å². The molecule has 2 fully saturated rings. The van der Waals surface area contributed by atoms with Crippen LogP contribution in [0.25, 0.3) is 0 Å². The maximum atomic E-state index is 12.1. The molecule has 0 aromatic heterocycles. The van der Waals surface area contributed by atoms with Gasteiger partial charge in [-0.1, -0.05) is 23.7 Å². The molecule has 1 aromatic carbocycles. The number of hydrogen-bond donors (Lipinski definition) is 2. The van der Waals surface area contributed by atoms with E-state index in [2.05, 4.69) is 10.2 Å². The number of nitrogens with one attached hydrogen (secondary N) is 1. The van der Waals surface area contributed by atoms with E-state index in [4.69, 9.17) is 17.3 Å². The fraction of sp³-hybridized carbons (Fsp3) is 0.529. The zero-order valence-corrected chi connectivity index (χ0v) is 14.3. The molecular weight excluding hydrogens is 328 g/mol. The van der Waals surface area contributed by atoms with E-state index in [-0.39, 0.29) is 17.9 Å². The zero-order chi connectivity index (χ0) is 17.1. The topological polar surface area (TPSA) is 78.7 Å². The van der Waals surface area contributed by atoms with Gasteiger partial charge in [0.25, 0.3) is 0 Å². The third-order valence-corrected chi connectivity index (χ3v) is 5.21. The Morgan fingerprint density at radius 1 is 1.17 bits per heavy atom. The predicted octanol–water partition coefficient (Wildman–Crippen LogP) is 1.43. The molecule has 0 saturated carbocycles. The van der Waals surface area contributed by atoms with Gasteiger partial charge in [0.05, 0.1) is 0 Å². The summed E-state index contributed by atoms with van der Waals surface area (Å²) in [6.07, 6.45) is 1.66. The summed E-state index contributed by atoms with van der Waals surface area (Å²) >= 11 is 5.85. The summed E-state index contributed by atoms with van der Waals surface area (Å²) in [6.45, 7) is 3.76. The first-order valence-corrected chi connectivity index (χ1v) is 8.71. The van der Waals surface area contributed by atoms with Crippen LogP contribution in [0.15, 0.2) is 24.3 Å². The number of likely N-dealkylation sites (tertiary alicyclic amines) is 2. The molecule has 3 N–H and O–H groups in total. The van der Waals surface area contributed by atoms with Crippen molar-refractivity contribution < 1.29 is 9.59 Å². The average Bonchev–Trinajstić information content (AvgIpc) is 2.53. The Labute approximate surface area is 146 Å². The van der Waals surface area contributed by atoms with Gasteiger partial charge in [0, 0.05) is 36.6 Å². The summed E-state index contributed by atoms with van der Waals surface area (Å²) in [7, 11) is 0. The van der Waals surface area contributed by atoms with Crippen LogP contribution in [0, 0.1) is 5.92 Å². The molecule has 1 aromatic rings. The lowest BCUT2D eigenvalue weighted by Gasteiger charge is -2.47. The van der Waals surface area contributed by atoms with Crippen LogP contribution in [0.5, 0.6) is 0 Å². The van der Waals surface area contributed by atoms with Crippen LogP contribution in [0.3, 0.4) is 0 Å². The molecular formula is C17H23ClN4O2. The zero-order valence-electron chi connectivity index (χ0n) is 13.6. The SMILES string of the molecule is NC(=O)C1CCN(C2CN(C(=O)NCc3ccc(Cl)cc3)C2)CC1. The van der Waals surface area contributed by atoms with E-state index in [0.29, 0.717) is 17.6 Å². The second kappa shape index (κ2) is 7.40. The van der Waals surface area contributed by atoms with Crippen molar-refractivity contribution in [1.29, 1.82) is 0 Å². The number of nitrogens with two attached hydrogens (primary N) is 1. The minimum absolute atomic E-state index is 0.0140. The molecule has 0 atom stereocenters. The Kier molecular flexibility index (Phi) is 5.26. The first-order chi connectivity index (χ1) is 11.5. The number of hydrogen-bond acceptors (Lipinski definition) is 3. The maximum Gasteiger partial charge on any atom is 0.317 e. The number of carbonyl (C=O) groups excluding carboxylic acids is 2. The van der Waals surface area contributed by atoms with E-state index < -0.39 is 0 Å². The lowest BCUT2D eigenvalue weighted by molar-refractivity contribution is -0.123. The van der Waals surface area contributed by atoms with Gasteiger partial charge in [0.1, 0.15) is 0 Å². The van der Waals surface area contributed by atoms with Crippen molar-refractivity contribution in [2.75, 3.05) is 26.2 Å². The summed E-state index contributed by atoms with van der Waals surface area (Å²) in [5, 5.41) is 3.62. The molecule has 0 radical (unpaired) electrons. The molecule has 6 nitrogen and oxygen atoms in total. The molecule has 24 heavy (non-hydrogen) atoms.